The van der Waals surface area contributed by atoms with E-state index in [1.165, 1.54) is 18.0 Å². The molecule has 0 spiro atoms. The highest BCUT2D eigenvalue weighted by atomic mass is 35.5. The van der Waals surface area contributed by atoms with Crippen molar-refractivity contribution in [2.75, 3.05) is 5.75 Å². The Morgan fingerprint density at radius 1 is 1.06 bits per heavy atom. The van der Waals surface area contributed by atoms with Gasteiger partial charge in [-0.05, 0) is 42.0 Å². The molecule has 0 aliphatic carbocycles. The second-order valence-electron chi connectivity index (χ2n) is 6.66. The number of phenolic OH excluding ortho intramolecular Hbond substituents is 1. The molecule has 0 saturated heterocycles. The summed E-state index contributed by atoms with van der Waals surface area (Å²) in [7, 11) is 0. The number of hydrogen-bond donors (Lipinski definition) is 2. The summed E-state index contributed by atoms with van der Waals surface area (Å²) in [4.78, 5) is 12.3. The van der Waals surface area contributed by atoms with E-state index in [1.807, 2.05) is 47.0 Å². The van der Waals surface area contributed by atoms with Crippen LogP contribution in [0.3, 0.4) is 0 Å². The summed E-state index contributed by atoms with van der Waals surface area (Å²) in [6, 6.07) is 23.6. The van der Waals surface area contributed by atoms with E-state index in [0.29, 0.717) is 21.6 Å². The fraction of sp³-hybridized carbons (Fsp3) is 0.0435. The largest absolute Gasteiger partial charge is 0.508 e. The highest BCUT2D eigenvalue weighted by Gasteiger charge is 2.17. The summed E-state index contributed by atoms with van der Waals surface area (Å²) in [5, 5.41) is 23.2. The number of amides is 1. The molecule has 160 valence electrons. The predicted molar refractivity (Wildman–Crippen MR) is 126 cm³/mol. The van der Waals surface area contributed by atoms with E-state index in [2.05, 4.69) is 20.7 Å². The number of halogens is 1. The third-order valence-electron chi connectivity index (χ3n) is 4.36. The number of aromatic nitrogens is 3. The molecule has 1 heterocycles. The lowest BCUT2D eigenvalue weighted by atomic mass is 10.2. The van der Waals surface area contributed by atoms with Crippen LogP contribution >= 0.6 is 23.4 Å². The van der Waals surface area contributed by atoms with Gasteiger partial charge in [0.05, 0.1) is 12.0 Å². The lowest BCUT2D eigenvalue weighted by molar-refractivity contribution is -0.118. The van der Waals surface area contributed by atoms with Crippen molar-refractivity contribution in [2.45, 2.75) is 5.16 Å². The zero-order valence-electron chi connectivity index (χ0n) is 16.7. The van der Waals surface area contributed by atoms with Gasteiger partial charge in [-0.2, -0.15) is 5.10 Å². The van der Waals surface area contributed by atoms with Crippen molar-refractivity contribution in [1.82, 2.24) is 20.2 Å². The molecule has 2 N–H and O–H groups in total. The first kappa shape index (κ1) is 21.6. The number of carbonyl (C=O) groups excluding carboxylic acids is 1. The first-order valence-electron chi connectivity index (χ1n) is 9.60. The molecule has 7 nitrogen and oxygen atoms in total. The molecule has 0 aliphatic heterocycles. The summed E-state index contributed by atoms with van der Waals surface area (Å²) >= 11 is 7.30. The Labute approximate surface area is 193 Å². The molecule has 3 aromatic carbocycles. The van der Waals surface area contributed by atoms with Gasteiger partial charge in [0.15, 0.2) is 11.0 Å². The molecule has 0 radical (unpaired) electrons. The Balaban J connectivity index is 1.50. The van der Waals surface area contributed by atoms with E-state index in [9.17, 15) is 9.90 Å². The van der Waals surface area contributed by atoms with Crippen LogP contribution in [-0.4, -0.2) is 37.7 Å². The number of hydrogen-bond acceptors (Lipinski definition) is 6. The number of nitrogens with one attached hydrogen (secondary N) is 1. The summed E-state index contributed by atoms with van der Waals surface area (Å²) in [6.07, 6.45) is 1.46. The van der Waals surface area contributed by atoms with Crippen molar-refractivity contribution in [2.24, 2.45) is 5.10 Å². The quantitative estimate of drug-likeness (QED) is 0.238. The lowest BCUT2D eigenvalue weighted by Crippen LogP contribution is -2.20. The van der Waals surface area contributed by atoms with Crippen LogP contribution in [0.5, 0.6) is 5.75 Å². The Kier molecular flexibility index (Phi) is 6.84. The summed E-state index contributed by atoms with van der Waals surface area (Å²) in [6.45, 7) is 0. The fourth-order valence-corrected chi connectivity index (χ4v) is 3.78. The molecule has 1 aromatic heterocycles. The van der Waals surface area contributed by atoms with Crippen LogP contribution in [0.1, 0.15) is 5.56 Å². The van der Waals surface area contributed by atoms with Crippen LogP contribution in [0.2, 0.25) is 5.02 Å². The maximum absolute atomic E-state index is 12.3. The molecule has 0 fully saturated rings. The lowest BCUT2D eigenvalue weighted by Gasteiger charge is -2.10. The molecule has 0 saturated carbocycles. The van der Waals surface area contributed by atoms with Crippen molar-refractivity contribution in [1.29, 1.82) is 0 Å². The van der Waals surface area contributed by atoms with Crippen LogP contribution < -0.4 is 5.43 Å². The number of phenols is 1. The van der Waals surface area contributed by atoms with E-state index in [0.717, 1.165) is 11.3 Å². The molecular formula is C23H18ClN5O2S. The van der Waals surface area contributed by atoms with Gasteiger partial charge in [-0.3, -0.25) is 9.36 Å². The first-order valence-corrected chi connectivity index (χ1v) is 11.0. The Morgan fingerprint density at radius 3 is 2.59 bits per heavy atom. The number of rotatable bonds is 7. The average molecular weight is 464 g/mol. The highest BCUT2D eigenvalue weighted by molar-refractivity contribution is 7.99. The summed E-state index contributed by atoms with van der Waals surface area (Å²) in [5.74, 6) is 0.598. The third-order valence-corrected chi connectivity index (χ3v) is 5.54. The van der Waals surface area contributed by atoms with Gasteiger partial charge in [-0.25, -0.2) is 5.43 Å². The van der Waals surface area contributed by atoms with Crippen LogP contribution in [0.15, 0.2) is 89.1 Å². The van der Waals surface area contributed by atoms with Crippen molar-refractivity contribution in [3.8, 4) is 22.8 Å². The van der Waals surface area contributed by atoms with Gasteiger partial charge in [0.25, 0.3) is 5.91 Å². The average Bonchev–Trinajstić information content (AvgIpc) is 3.23. The maximum Gasteiger partial charge on any atom is 0.250 e. The van der Waals surface area contributed by atoms with Crippen LogP contribution in [0.25, 0.3) is 17.1 Å². The molecule has 32 heavy (non-hydrogen) atoms. The molecule has 0 bridgehead atoms. The maximum atomic E-state index is 12.3. The summed E-state index contributed by atoms with van der Waals surface area (Å²) in [5.41, 5.74) is 4.89. The van der Waals surface area contributed by atoms with E-state index in [-0.39, 0.29) is 17.4 Å². The van der Waals surface area contributed by atoms with Crippen molar-refractivity contribution >= 4 is 35.5 Å². The van der Waals surface area contributed by atoms with Crippen molar-refractivity contribution < 1.29 is 9.90 Å². The Hall–Kier alpha value is -3.62. The SMILES string of the molecule is O=C(CSc1nnc(-c2ccccc2)n1-c1ccc(Cl)cc1)N/N=C\c1cccc(O)c1. The Bertz CT molecular complexity index is 1240. The normalized spacial score (nSPS) is 11.0. The Morgan fingerprint density at radius 2 is 1.84 bits per heavy atom. The van der Waals surface area contributed by atoms with Gasteiger partial charge < -0.3 is 5.11 Å². The number of hydrazone groups is 1. The van der Waals surface area contributed by atoms with Crippen LogP contribution in [0, 0.1) is 0 Å². The standard InChI is InChI=1S/C23H18ClN5O2S/c24-18-9-11-19(12-10-18)29-22(17-6-2-1-3-7-17)27-28-23(29)32-15-21(31)26-25-14-16-5-4-8-20(30)13-16/h1-14,30H,15H2,(H,26,31)/b25-14-. The van der Waals surface area contributed by atoms with Gasteiger partial charge >= 0.3 is 0 Å². The molecule has 9 heteroatoms. The second-order valence-corrected chi connectivity index (χ2v) is 8.04. The zero-order valence-corrected chi connectivity index (χ0v) is 18.3. The van der Waals surface area contributed by atoms with Gasteiger partial charge in [-0.1, -0.05) is 65.8 Å². The van der Waals surface area contributed by atoms with Crippen LogP contribution in [-0.2, 0) is 4.79 Å². The molecule has 4 aromatic rings. The third kappa shape index (κ3) is 5.35. The van der Waals surface area contributed by atoms with E-state index in [4.69, 9.17) is 11.6 Å². The minimum absolute atomic E-state index is 0.0951. The number of thioether (sulfide) groups is 1. The molecular weight excluding hydrogens is 446 g/mol. The monoisotopic (exact) mass is 463 g/mol. The van der Waals surface area contributed by atoms with Gasteiger partial charge in [0.1, 0.15) is 5.75 Å². The zero-order chi connectivity index (χ0) is 22.3. The summed E-state index contributed by atoms with van der Waals surface area (Å²) < 4.78 is 1.89. The van der Waals surface area contributed by atoms with Crippen molar-refractivity contribution in [3.63, 3.8) is 0 Å². The molecule has 1 amide bonds. The van der Waals surface area contributed by atoms with Gasteiger partial charge in [0.2, 0.25) is 0 Å². The first-order chi connectivity index (χ1) is 15.6. The number of nitrogens with zero attached hydrogens (tertiary/aromatic N) is 4. The minimum Gasteiger partial charge on any atom is -0.508 e. The topological polar surface area (TPSA) is 92.4 Å². The molecule has 0 aliphatic rings. The minimum atomic E-state index is -0.293. The molecule has 0 atom stereocenters. The number of carbonyl (C=O) groups is 1. The number of aromatic hydroxyl groups is 1. The molecule has 0 unspecified atom stereocenters. The highest BCUT2D eigenvalue weighted by Crippen LogP contribution is 2.28. The number of benzene rings is 3. The van der Waals surface area contributed by atoms with E-state index >= 15 is 0 Å². The fourth-order valence-electron chi connectivity index (χ4n) is 2.91. The molecule has 4 rings (SSSR count). The predicted octanol–water partition coefficient (Wildman–Crippen LogP) is 4.54. The van der Waals surface area contributed by atoms with E-state index < -0.39 is 0 Å². The van der Waals surface area contributed by atoms with E-state index in [1.54, 1.807) is 36.4 Å². The van der Waals surface area contributed by atoms with Gasteiger partial charge in [-0.15, -0.1) is 10.2 Å². The second kappa shape index (κ2) is 10.1. The van der Waals surface area contributed by atoms with Crippen LogP contribution in [0.4, 0.5) is 0 Å². The van der Waals surface area contributed by atoms with Gasteiger partial charge in [0, 0.05) is 16.3 Å². The van der Waals surface area contributed by atoms with Crippen molar-refractivity contribution in [3.05, 3.63) is 89.4 Å². The smallest absolute Gasteiger partial charge is 0.250 e.